The summed E-state index contributed by atoms with van der Waals surface area (Å²) >= 11 is 0. The first-order valence-electron chi connectivity index (χ1n) is 13.4. The van der Waals surface area contributed by atoms with Crippen molar-refractivity contribution in [2.24, 2.45) is 5.92 Å². The molecule has 3 aromatic carbocycles. The molecule has 2 unspecified atom stereocenters. The van der Waals surface area contributed by atoms with E-state index in [1.165, 1.54) is 23.5 Å². The van der Waals surface area contributed by atoms with Crippen LogP contribution in [0.3, 0.4) is 0 Å². The topological polar surface area (TPSA) is 99.2 Å². The number of carbonyl (C=O) groups excluding carboxylic acids is 1. The number of aliphatic hydroxyl groups excluding tert-OH is 1. The predicted octanol–water partition coefficient (Wildman–Crippen LogP) is 4.12. The number of benzene rings is 3. The lowest BCUT2D eigenvalue weighted by molar-refractivity contribution is 0.0775. The van der Waals surface area contributed by atoms with Crippen molar-refractivity contribution in [2.75, 3.05) is 39.2 Å². The molecular weight excluding hydrogens is 526 g/mol. The van der Waals surface area contributed by atoms with Crippen LogP contribution in [-0.4, -0.2) is 70.2 Å². The lowest BCUT2D eigenvalue weighted by Crippen LogP contribution is -2.51. The van der Waals surface area contributed by atoms with Gasteiger partial charge in [-0.3, -0.25) is 4.79 Å². The second-order valence-electron chi connectivity index (χ2n) is 10.6. The molecule has 3 rings (SSSR count). The number of sulfonamides is 1. The zero-order valence-electron chi connectivity index (χ0n) is 24.2. The molecule has 0 radical (unpaired) electrons. The van der Waals surface area contributed by atoms with Gasteiger partial charge in [0.25, 0.3) is 5.91 Å². The van der Waals surface area contributed by atoms with Gasteiger partial charge < -0.3 is 20.1 Å². The number of nitrogens with one attached hydrogen (secondary N) is 1. The van der Waals surface area contributed by atoms with Crippen molar-refractivity contribution >= 4 is 21.6 Å². The van der Waals surface area contributed by atoms with E-state index in [2.05, 4.69) is 5.32 Å². The fourth-order valence-corrected chi connectivity index (χ4v) is 6.11. The molecule has 2 N–H and O–H groups in total. The number of methoxy groups -OCH3 is 1. The van der Waals surface area contributed by atoms with Gasteiger partial charge in [-0.1, -0.05) is 44.2 Å². The summed E-state index contributed by atoms with van der Waals surface area (Å²) in [6.07, 6.45) is -0.835. The third kappa shape index (κ3) is 8.06. The smallest absolute Gasteiger partial charge is 0.251 e. The fourth-order valence-electron chi connectivity index (χ4n) is 4.49. The van der Waals surface area contributed by atoms with Crippen LogP contribution in [-0.2, 0) is 16.4 Å². The molecule has 0 fully saturated rings. The molecule has 0 aliphatic carbocycles. The van der Waals surface area contributed by atoms with Crippen LogP contribution >= 0.6 is 0 Å². The van der Waals surface area contributed by atoms with E-state index in [0.717, 1.165) is 16.8 Å². The van der Waals surface area contributed by atoms with E-state index in [4.69, 9.17) is 4.74 Å². The minimum absolute atomic E-state index is 0.0141. The summed E-state index contributed by atoms with van der Waals surface area (Å²) in [6, 6.07) is 20.6. The van der Waals surface area contributed by atoms with E-state index in [-0.39, 0.29) is 29.8 Å². The van der Waals surface area contributed by atoms with Gasteiger partial charge >= 0.3 is 0 Å². The summed E-state index contributed by atoms with van der Waals surface area (Å²) in [5.74, 6) is 0.241. The Labute approximate surface area is 238 Å². The van der Waals surface area contributed by atoms with Gasteiger partial charge in [-0.15, -0.1) is 0 Å². The molecule has 216 valence electrons. The maximum Gasteiger partial charge on any atom is 0.251 e. The number of hydrogen-bond donors (Lipinski definition) is 2. The standard InChI is InChI=1S/C31H41N3O5S/c1-22(2)20-34(40(37,38)27-15-13-26(39-6)14-16-27)21-30(35)29(19-24-10-8-7-9-11-24)32-31(36)28-17-12-25(33(4)5)18-23(28)3/h7-18,22,29-30,35H,19-21H2,1-6H3,(H,32,36). The molecular formula is C31H41N3O5S. The van der Waals surface area contributed by atoms with Gasteiger partial charge in [-0.25, -0.2) is 8.42 Å². The van der Waals surface area contributed by atoms with Crippen LogP contribution in [0.25, 0.3) is 0 Å². The van der Waals surface area contributed by atoms with Gasteiger partial charge in [0, 0.05) is 38.4 Å². The number of anilines is 1. The van der Waals surface area contributed by atoms with Crippen LogP contribution in [0.5, 0.6) is 5.75 Å². The van der Waals surface area contributed by atoms with Crippen LogP contribution in [0.4, 0.5) is 5.69 Å². The van der Waals surface area contributed by atoms with Crippen LogP contribution in [0, 0.1) is 12.8 Å². The average Bonchev–Trinajstić information content (AvgIpc) is 2.92. The van der Waals surface area contributed by atoms with Gasteiger partial charge in [0.2, 0.25) is 10.0 Å². The number of rotatable bonds is 13. The average molecular weight is 568 g/mol. The first-order chi connectivity index (χ1) is 18.9. The fraction of sp³-hybridized carbons (Fsp3) is 0.387. The summed E-state index contributed by atoms with van der Waals surface area (Å²) in [7, 11) is 1.46. The molecule has 0 bridgehead atoms. The van der Waals surface area contributed by atoms with Crippen LogP contribution < -0.4 is 15.0 Å². The van der Waals surface area contributed by atoms with Crippen molar-refractivity contribution in [3.63, 3.8) is 0 Å². The Morgan fingerprint density at radius 2 is 1.62 bits per heavy atom. The molecule has 8 nitrogen and oxygen atoms in total. The lowest BCUT2D eigenvalue weighted by Gasteiger charge is -2.31. The number of nitrogens with zero attached hydrogens (tertiary/aromatic N) is 2. The van der Waals surface area contributed by atoms with Gasteiger partial charge in [0.1, 0.15) is 5.75 Å². The Morgan fingerprint density at radius 1 is 0.975 bits per heavy atom. The monoisotopic (exact) mass is 567 g/mol. The van der Waals surface area contributed by atoms with E-state index >= 15 is 0 Å². The third-order valence-electron chi connectivity index (χ3n) is 6.71. The molecule has 0 heterocycles. The number of ether oxygens (including phenoxy) is 1. The molecule has 0 spiro atoms. The van der Waals surface area contributed by atoms with Crippen molar-refractivity contribution < 1.29 is 23.1 Å². The minimum Gasteiger partial charge on any atom is -0.497 e. The molecule has 9 heteroatoms. The molecule has 0 aromatic heterocycles. The largest absolute Gasteiger partial charge is 0.497 e. The number of aliphatic hydroxyl groups is 1. The van der Waals surface area contributed by atoms with Crippen molar-refractivity contribution in [3.05, 3.63) is 89.5 Å². The Hall–Kier alpha value is -3.40. The Bertz CT molecular complexity index is 1360. The molecule has 2 atom stereocenters. The van der Waals surface area contributed by atoms with Crippen LogP contribution in [0.2, 0.25) is 0 Å². The predicted molar refractivity (Wildman–Crippen MR) is 160 cm³/mol. The van der Waals surface area contributed by atoms with Crippen molar-refractivity contribution in [3.8, 4) is 5.75 Å². The summed E-state index contributed by atoms with van der Waals surface area (Å²) < 4.78 is 33.7. The normalized spacial score (nSPS) is 13.2. The third-order valence-corrected chi connectivity index (χ3v) is 8.55. The first-order valence-corrected chi connectivity index (χ1v) is 14.8. The SMILES string of the molecule is COc1ccc(S(=O)(=O)N(CC(C)C)CC(O)C(Cc2ccccc2)NC(=O)c2ccc(N(C)C)cc2C)cc1. The highest BCUT2D eigenvalue weighted by atomic mass is 32.2. The van der Waals surface area contributed by atoms with E-state index in [1.807, 2.05) is 82.2 Å². The Morgan fingerprint density at radius 3 is 2.17 bits per heavy atom. The molecule has 3 aromatic rings. The highest BCUT2D eigenvalue weighted by Gasteiger charge is 2.31. The number of carbonyl (C=O) groups is 1. The molecule has 0 saturated heterocycles. The summed E-state index contributed by atoms with van der Waals surface area (Å²) in [4.78, 5) is 15.5. The lowest BCUT2D eigenvalue weighted by atomic mass is 9.99. The Kier molecular flexibility index (Phi) is 10.7. The van der Waals surface area contributed by atoms with E-state index < -0.39 is 22.2 Å². The highest BCUT2D eigenvalue weighted by Crippen LogP contribution is 2.22. The van der Waals surface area contributed by atoms with Crippen LogP contribution in [0.15, 0.2) is 77.7 Å². The van der Waals surface area contributed by atoms with Crippen molar-refractivity contribution in [2.45, 2.75) is 44.2 Å². The number of hydrogen-bond acceptors (Lipinski definition) is 6. The summed E-state index contributed by atoms with van der Waals surface area (Å²) in [5, 5.41) is 14.5. The molecule has 1 amide bonds. The van der Waals surface area contributed by atoms with Gasteiger partial charge in [-0.2, -0.15) is 4.31 Å². The van der Waals surface area contributed by atoms with Crippen molar-refractivity contribution in [1.82, 2.24) is 9.62 Å². The molecule has 40 heavy (non-hydrogen) atoms. The van der Waals surface area contributed by atoms with Gasteiger partial charge in [0.05, 0.1) is 24.2 Å². The van der Waals surface area contributed by atoms with E-state index in [1.54, 1.807) is 18.2 Å². The zero-order chi connectivity index (χ0) is 29.4. The zero-order valence-corrected chi connectivity index (χ0v) is 25.0. The second kappa shape index (κ2) is 13.8. The minimum atomic E-state index is -3.92. The molecule has 0 saturated carbocycles. The first kappa shape index (κ1) is 31.1. The van der Waals surface area contributed by atoms with E-state index in [0.29, 0.717) is 17.7 Å². The van der Waals surface area contributed by atoms with Crippen molar-refractivity contribution in [1.29, 1.82) is 0 Å². The quantitative estimate of drug-likeness (QED) is 0.323. The Balaban J connectivity index is 1.90. The van der Waals surface area contributed by atoms with Gasteiger partial charge in [0.15, 0.2) is 0 Å². The summed E-state index contributed by atoms with van der Waals surface area (Å²) in [5.41, 5.74) is 3.20. The second-order valence-corrected chi connectivity index (χ2v) is 12.6. The maximum absolute atomic E-state index is 13.6. The number of aryl methyl sites for hydroxylation is 1. The molecule has 0 aliphatic rings. The van der Waals surface area contributed by atoms with E-state index in [9.17, 15) is 18.3 Å². The van der Waals surface area contributed by atoms with Gasteiger partial charge in [-0.05, 0) is 72.9 Å². The highest BCUT2D eigenvalue weighted by molar-refractivity contribution is 7.89. The maximum atomic E-state index is 13.6. The summed E-state index contributed by atoms with van der Waals surface area (Å²) in [6.45, 7) is 5.75. The van der Waals surface area contributed by atoms with Crippen LogP contribution in [0.1, 0.15) is 35.3 Å². The number of amides is 1. The molecule has 0 aliphatic heterocycles.